The molecule has 2 aromatic heterocycles. The van der Waals surface area contributed by atoms with Crippen LogP contribution in [0.2, 0.25) is 0 Å². The molecule has 0 fully saturated rings. The lowest BCUT2D eigenvalue weighted by atomic mass is 10.2. The van der Waals surface area contributed by atoms with Crippen molar-refractivity contribution in [1.29, 1.82) is 0 Å². The lowest BCUT2D eigenvalue weighted by Gasteiger charge is -2.06. The minimum absolute atomic E-state index is 0.329. The van der Waals surface area contributed by atoms with E-state index >= 15 is 0 Å². The van der Waals surface area contributed by atoms with E-state index in [1.807, 2.05) is 0 Å². The molecule has 3 aromatic rings. The fourth-order valence-corrected chi connectivity index (χ4v) is 2.54. The monoisotopic (exact) mass is 406 g/mol. The van der Waals surface area contributed by atoms with Crippen molar-refractivity contribution >= 4 is 10.1 Å². The molecule has 0 bridgehead atoms. The summed E-state index contributed by atoms with van der Waals surface area (Å²) in [4.78, 5) is 6.27. The molecule has 142 valence electrons. The van der Waals surface area contributed by atoms with Gasteiger partial charge in [0.25, 0.3) is 15.9 Å². The molecule has 0 amide bonds. The highest BCUT2D eigenvalue weighted by Gasteiger charge is 2.37. The summed E-state index contributed by atoms with van der Waals surface area (Å²) in [5, 5.41) is 3.24. The molecule has 1 N–H and O–H groups in total. The van der Waals surface area contributed by atoms with E-state index in [1.54, 1.807) is 0 Å². The first kappa shape index (κ1) is 18.8. The van der Waals surface area contributed by atoms with Gasteiger partial charge in [-0.05, 0) is 24.3 Å². The van der Waals surface area contributed by atoms with Crippen molar-refractivity contribution < 1.29 is 34.9 Å². The van der Waals surface area contributed by atoms with Crippen molar-refractivity contribution in [3.05, 3.63) is 54.0 Å². The Bertz CT molecular complexity index is 1090. The maximum Gasteiger partial charge on any atom is 0.453 e. The molecular formula is C14H7F5N4O3S. The number of hydrogen-bond donors (Lipinski definition) is 1. The third kappa shape index (κ3) is 3.93. The highest BCUT2D eigenvalue weighted by atomic mass is 32.2. The molecule has 0 unspecified atom stereocenters. The summed E-state index contributed by atoms with van der Waals surface area (Å²) in [7, 11) is -4.58. The molecule has 7 nitrogen and oxygen atoms in total. The van der Waals surface area contributed by atoms with Crippen molar-refractivity contribution in [2.24, 2.45) is 0 Å². The van der Waals surface area contributed by atoms with E-state index in [4.69, 9.17) is 4.55 Å². The van der Waals surface area contributed by atoms with Crippen LogP contribution in [0.1, 0.15) is 5.82 Å². The number of pyridine rings is 1. The molecule has 0 atom stereocenters. The Kier molecular flexibility index (Phi) is 4.43. The largest absolute Gasteiger partial charge is 0.453 e. The van der Waals surface area contributed by atoms with E-state index in [2.05, 4.69) is 15.1 Å². The maximum atomic E-state index is 13.4. The summed E-state index contributed by atoms with van der Waals surface area (Å²) in [6.45, 7) is 0. The number of alkyl halides is 3. The van der Waals surface area contributed by atoms with E-state index in [0.29, 0.717) is 16.9 Å². The van der Waals surface area contributed by atoms with Gasteiger partial charge in [0.05, 0.1) is 6.20 Å². The molecule has 27 heavy (non-hydrogen) atoms. The molecule has 0 radical (unpaired) electrons. The lowest BCUT2D eigenvalue weighted by molar-refractivity contribution is -0.144. The van der Waals surface area contributed by atoms with Crippen molar-refractivity contribution in [3.8, 4) is 17.2 Å². The van der Waals surface area contributed by atoms with Gasteiger partial charge in [0, 0.05) is 11.6 Å². The Labute approximate surface area is 147 Å². The van der Waals surface area contributed by atoms with Crippen LogP contribution in [0, 0.1) is 11.6 Å². The van der Waals surface area contributed by atoms with E-state index in [0.717, 1.165) is 24.3 Å². The second-order valence-corrected chi connectivity index (χ2v) is 6.58. The Hall–Kier alpha value is -2.93. The van der Waals surface area contributed by atoms with Gasteiger partial charge in [0.15, 0.2) is 11.6 Å². The zero-order valence-electron chi connectivity index (χ0n) is 12.8. The molecule has 0 saturated carbocycles. The minimum atomic E-state index is -4.96. The summed E-state index contributed by atoms with van der Waals surface area (Å²) in [5.41, 5.74) is -0.351. The van der Waals surface area contributed by atoms with Gasteiger partial charge in [-0.3, -0.25) is 4.55 Å². The second-order valence-electron chi connectivity index (χ2n) is 5.15. The van der Waals surface area contributed by atoms with Crippen LogP contribution in [-0.4, -0.2) is 32.7 Å². The van der Waals surface area contributed by atoms with Crippen LogP contribution in [0.4, 0.5) is 22.0 Å². The number of halogens is 5. The van der Waals surface area contributed by atoms with Crippen molar-refractivity contribution in [2.45, 2.75) is 11.1 Å². The van der Waals surface area contributed by atoms with Gasteiger partial charge in [0.2, 0.25) is 0 Å². The number of benzene rings is 1. The standard InChI is InChI=1S/C14H7F5N4O3S/c15-8-3-7(4-9(16)5-8)12-21-13(14(17,18)19)22-23(12)11-2-1-10(6-20-11)27(24,25)26/h1-6H,(H,24,25,26). The summed E-state index contributed by atoms with van der Waals surface area (Å²) in [6, 6.07) is 3.82. The topological polar surface area (TPSA) is 98.0 Å². The maximum absolute atomic E-state index is 13.4. The molecule has 0 saturated heterocycles. The second kappa shape index (κ2) is 6.35. The summed E-state index contributed by atoms with van der Waals surface area (Å²) in [5.74, 6) is -4.61. The van der Waals surface area contributed by atoms with Crippen molar-refractivity contribution in [1.82, 2.24) is 19.7 Å². The zero-order chi connectivity index (χ0) is 20.0. The highest BCUT2D eigenvalue weighted by molar-refractivity contribution is 7.85. The smallest absolute Gasteiger partial charge is 0.282 e. The number of hydrogen-bond acceptors (Lipinski definition) is 5. The van der Waals surface area contributed by atoms with E-state index in [9.17, 15) is 30.4 Å². The summed E-state index contributed by atoms with van der Waals surface area (Å²) < 4.78 is 97.3. The first-order valence-electron chi connectivity index (χ1n) is 6.90. The molecular weight excluding hydrogens is 399 g/mol. The third-order valence-electron chi connectivity index (χ3n) is 3.22. The summed E-state index contributed by atoms with van der Waals surface area (Å²) in [6.07, 6.45) is -4.28. The molecule has 3 rings (SSSR count). The Morgan fingerprint density at radius 1 is 1.04 bits per heavy atom. The van der Waals surface area contributed by atoms with Gasteiger partial charge in [-0.15, -0.1) is 5.10 Å². The van der Waals surface area contributed by atoms with Crippen LogP contribution in [-0.2, 0) is 16.3 Å². The molecule has 0 aliphatic heterocycles. The first-order chi connectivity index (χ1) is 12.4. The van der Waals surface area contributed by atoms with Gasteiger partial charge in [0.1, 0.15) is 16.5 Å². The minimum Gasteiger partial charge on any atom is -0.282 e. The number of nitrogens with zero attached hydrogens (tertiary/aromatic N) is 4. The molecule has 2 heterocycles. The molecule has 1 aromatic carbocycles. The van der Waals surface area contributed by atoms with Crippen LogP contribution in [0.15, 0.2) is 41.4 Å². The predicted molar refractivity (Wildman–Crippen MR) is 79.3 cm³/mol. The average Bonchev–Trinajstić information content (AvgIpc) is 2.99. The average molecular weight is 406 g/mol. The molecule has 13 heteroatoms. The normalized spacial score (nSPS) is 12.4. The third-order valence-corrected chi connectivity index (χ3v) is 4.05. The van der Waals surface area contributed by atoms with Gasteiger partial charge < -0.3 is 0 Å². The van der Waals surface area contributed by atoms with Crippen molar-refractivity contribution in [2.75, 3.05) is 0 Å². The van der Waals surface area contributed by atoms with Crippen LogP contribution < -0.4 is 0 Å². The van der Waals surface area contributed by atoms with Gasteiger partial charge in [-0.25, -0.2) is 18.7 Å². The zero-order valence-corrected chi connectivity index (χ0v) is 13.6. The van der Waals surface area contributed by atoms with Crippen molar-refractivity contribution in [3.63, 3.8) is 0 Å². The fourth-order valence-electron chi connectivity index (χ4n) is 2.11. The van der Waals surface area contributed by atoms with Gasteiger partial charge in [-0.1, -0.05) is 0 Å². The van der Waals surface area contributed by atoms with E-state index < -0.39 is 44.5 Å². The van der Waals surface area contributed by atoms with E-state index in [1.165, 1.54) is 0 Å². The fraction of sp³-hybridized carbons (Fsp3) is 0.0714. The quantitative estimate of drug-likeness (QED) is 0.531. The molecule has 0 spiro atoms. The number of aromatic nitrogens is 4. The van der Waals surface area contributed by atoms with Gasteiger partial charge >= 0.3 is 6.18 Å². The first-order valence-corrected chi connectivity index (χ1v) is 8.34. The number of rotatable bonds is 3. The van der Waals surface area contributed by atoms with E-state index in [-0.39, 0.29) is 11.4 Å². The highest BCUT2D eigenvalue weighted by Crippen LogP contribution is 2.30. The predicted octanol–water partition coefficient (Wildman–Crippen LogP) is 2.87. The lowest BCUT2D eigenvalue weighted by Crippen LogP contribution is -2.09. The molecule has 0 aliphatic rings. The summed E-state index contributed by atoms with van der Waals surface area (Å²) >= 11 is 0. The Balaban J connectivity index is 2.21. The van der Waals surface area contributed by atoms with Crippen LogP contribution in [0.3, 0.4) is 0 Å². The van der Waals surface area contributed by atoms with Crippen LogP contribution >= 0.6 is 0 Å². The SMILES string of the molecule is O=S(=O)(O)c1ccc(-n2nc(C(F)(F)F)nc2-c2cc(F)cc(F)c2)nc1. The Morgan fingerprint density at radius 3 is 2.15 bits per heavy atom. The molecule has 0 aliphatic carbocycles. The van der Waals surface area contributed by atoms with Crippen LogP contribution in [0.25, 0.3) is 17.2 Å². The van der Waals surface area contributed by atoms with Gasteiger partial charge in [-0.2, -0.15) is 26.3 Å². The Morgan fingerprint density at radius 2 is 1.67 bits per heavy atom. The van der Waals surface area contributed by atoms with Crippen LogP contribution in [0.5, 0.6) is 0 Å².